The molecule has 1 aromatic heterocycles. The first-order valence-electron chi connectivity index (χ1n) is 10.4. The van der Waals surface area contributed by atoms with Gasteiger partial charge in [0.05, 0.1) is 16.5 Å². The number of hydrogen-bond acceptors (Lipinski definition) is 6. The first kappa shape index (κ1) is 25.8. The van der Waals surface area contributed by atoms with Crippen LogP contribution in [0.15, 0.2) is 24.3 Å². The molecular weight excluding hydrogens is 446 g/mol. The van der Waals surface area contributed by atoms with Crippen LogP contribution in [-0.4, -0.2) is 34.0 Å². The molecule has 172 valence electrons. The van der Waals surface area contributed by atoms with Crippen molar-refractivity contribution < 1.29 is 14.3 Å². The summed E-state index contributed by atoms with van der Waals surface area (Å²) >= 11 is 7.94. The summed E-state index contributed by atoms with van der Waals surface area (Å²) in [5, 5.41) is 15.0. The van der Waals surface area contributed by atoms with E-state index in [-0.39, 0.29) is 22.5 Å². The van der Waals surface area contributed by atoms with E-state index in [4.69, 9.17) is 21.1 Å². The highest BCUT2D eigenvalue weighted by Gasteiger charge is 2.26. The van der Waals surface area contributed by atoms with Crippen LogP contribution in [0.3, 0.4) is 0 Å². The summed E-state index contributed by atoms with van der Waals surface area (Å²) in [6, 6.07) is 10.0. The van der Waals surface area contributed by atoms with Crippen LogP contribution in [0.25, 0.3) is 11.3 Å². The highest BCUT2D eigenvalue weighted by Crippen LogP contribution is 2.35. The van der Waals surface area contributed by atoms with E-state index in [1.807, 2.05) is 37.4 Å². The van der Waals surface area contributed by atoms with E-state index in [9.17, 15) is 10.1 Å². The molecule has 0 saturated carbocycles. The minimum atomic E-state index is -0.918. The largest absolute Gasteiger partial charge is 0.451 e. The van der Waals surface area contributed by atoms with Crippen molar-refractivity contribution in [3.8, 4) is 6.07 Å². The molecule has 2 rings (SSSR count). The number of thioether (sulfide) groups is 1. The number of carbonyl (C=O) groups excluding carboxylic acids is 1. The molecule has 0 aliphatic heterocycles. The van der Waals surface area contributed by atoms with Gasteiger partial charge in [0.2, 0.25) is 6.29 Å². The zero-order chi connectivity index (χ0) is 24.1. The fraction of sp³-hybridized carbons (Fsp3) is 0.458. The van der Waals surface area contributed by atoms with Gasteiger partial charge >= 0.3 is 5.97 Å². The molecule has 1 heterocycles. The molecule has 1 atom stereocenters. The summed E-state index contributed by atoms with van der Waals surface area (Å²) in [7, 11) is 0. The number of carbonyl (C=O) groups is 1. The third-order valence-corrected chi connectivity index (χ3v) is 5.77. The Balaban J connectivity index is 2.64. The molecule has 0 radical (unpaired) electrons. The molecule has 0 bridgehead atoms. The van der Waals surface area contributed by atoms with Crippen LogP contribution in [0, 0.1) is 18.3 Å². The van der Waals surface area contributed by atoms with Gasteiger partial charge in [0.1, 0.15) is 17.3 Å². The van der Waals surface area contributed by atoms with Crippen molar-refractivity contribution >= 4 is 40.7 Å². The number of esters is 1. The lowest BCUT2D eigenvalue weighted by molar-refractivity contribution is -0.160. The van der Waals surface area contributed by atoms with Gasteiger partial charge in [-0.2, -0.15) is 22.1 Å². The van der Waals surface area contributed by atoms with Gasteiger partial charge in [-0.25, -0.2) is 0 Å². The smallest absolute Gasteiger partial charge is 0.318 e. The maximum atomic E-state index is 12.0. The van der Waals surface area contributed by atoms with E-state index in [0.29, 0.717) is 28.5 Å². The maximum absolute atomic E-state index is 12.0. The second kappa shape index (κ2) is 10.9. The van der Waals surface area contributed by atoms with E-state index in [2.05, 4.69) is 31.9 Å². The molecule has 0 aliphatic rings. The molecule has 0 spiro atoms. The average molecular weight is 476 g/mol. The molecule has 0 amide bonds. The molecule has 1 unspecified atom stereocenters. The van der Waals surface area contributed by atoms with Crippen molar-refractivity contribution in [1.82, 2.24) is 9.78 Å². The lowest BCUT2D eigenvalue weighted by Crippen LogP contribution is -2.20. The fourth-order valence-corrected chi connectivity index (χ4v) is 3.67. The molecular formula is C24H30ClN3O3S. The molecule has 8 heteroatoms. The van der Waals surface area contributed by atoms with Gasteiger partial charge in [-0.15, -0.1) is 0 Å². The third-order valence-electron chi connectivity index (χ3n) is 4.79. The average Bonchev–Trinajstić information content (AvgIpc) is 3.01. The van der Waals surface area contributed by atoms with Crippen LogP contribution in [-0.2, 0) is 26.2 Å². The van der Waals surface area contributed by atoms with Gasteiger partial charge in [-0.1, -0.05) is 56.6 Å². The minimum Gasteiger partial charge on any atom is -0.451 e. The molecule has 0 fully saturated rings. The molecule has 0 N–H and O–H groups in total. The predicted octanol–water partition coefficient (Wildman–Crippen LogP) is 5.82. The van der Waals surface area contributed by atoms with E-state index in [1.165, 1.54) is 11.8 Å². The number of allylic oxidation sites excluding steroid dienone is 1. The van der Waals surface area contributed by atoms with Crippen molar-refractivity contribution in [1.29, 1.82) is 5.26 Å². The van der Waals surface area contributed by atoms with Gasteiger partial charge in [0.25, 0.3) is 0 Å². The van der Waals surface area contributed by atoms with Crippen LogP contribution in [0.5, 0.6) is 0 Å². The summed E-state index contributed by atoms with van der Waals surface area (Å²) < 4.78 is 13.1. The van der Waals surface area contributed by atoms with Crippen LogP contribution in [0.2, 0.25) is 5.02 Å². The van der Waals surface area contributed by atoms with Crippen LogP contribution in [0.1, 0.15) is 57.1 Å². The number of rotatable bonds is 8. The van der Waals surface area contributed by atoms with E-state index >= 15 is 0 Å². The van der Waals surface area contributed by atoms with Gasteiger partial charge in [0, 0.05) is 13.5 Å². The highest BCUT2D eigenvalue weighted by atomic mass is 35.5. The monoisotopic (exact) mass is 475 g/mol. The van der Waals surface area contributed by atoms with Crippen LogP contribution < -0.4 is 0 Å². The number of benzene rings is 1. The zero-order valence-corrected chi connectivity index (χ0v) is 21.2. The zero-order valence-electron chi connectivity index (χ0n) is 19.7. The second-order valence-corrected chi connectivity index (χ2v) is 9.56. The third kappa shape index (κ3) is 6.08. The van der Waals surface area contributed by atoms with Crippen LogP contribution >= 0.6 is 23.4 Å². The predicted molar refractivity (Wildman–Crippen MR) is 130 cm³/mol. The Morgan fingerprint density at radius 1 is 1.28 bits per heavy atom. The standard InChI is InChI=1S/C24H30ClN3O3S/c1-8-28-22(21(25)15(2)27-28)23(31-16(3)30-20(29)14-32-7)19(13-26)17-9-11-18(12-10-17)24(4,5)6/h9-12,16H,8,14H2,1-7H3/b23-19-. The molecule has 1 aromatic carbocycles. The summed E-state index contributed by atoms with van der Waals surface area (Å²) in [4.78, 5) is 12.0. The lowest BCUT2D eigenvalue weighted by Gasteiger charge is -2.21. The molecule has 0 saturated heterocycles. The number of nitrogens with zero attached hydrogens (tertiary/aromatic N) is 3. The van der Waals surface area contributed by atoms with Crippen molar-refractivity contribution in [3.05, 3.63) is 51.8 Å². The first-order valence-corrected chi connectivity index (χ1v) is 12.1. The van der Waals surface area contributed by atoms with Crippen molar-refractivity contribution in [2.45, 2.75) is 59.8 Å². The number of nitriles is 1. The molecule has 0 aliphatic carbocycles. The molecule has 32 heavy (non-hydrogen) atoms. The topological polar surface area (TPSA) is 77.1 Å². The number of aromatic nitrogens is 2. The quantitative estimate of drug-likeness (QED) is 0.207. The minimum absolute atomic E-state index is 0.0182. The van der Waals surface area contributed by atoms with E-state index in [0.717, 1.165) is 5.56 Å². The highest BCUT2D eigenvalue weighted by molar-refractivity contribution is 7.99. The number of hydrogen-bond donors (Lipinski definition) is 0. The fourth-order valence-electron chi connectivity index (χ4n) is 3.15. The number of aryl methyl sites for hydroxylation is 2. The Bertz CT molecular complexity index is 1030. The van der Waals surface area contributed by atoms with Crippen molar-refractivity contribution in [3.63, 3.8) is 0 Å². The van der Waals surface area contributed by atoms with E-state index < -0.39 is 12.3 Å². The van der Waals surface area contributed by atoms with Gasteiger partial charge in [-0.05, 0) is 36.6 Å². The second-order valence-electron chi connectivity index (χ2n) is 8.32. The Hall–Kier alpha value is -2.43. The van der Waals surface area contributed by atoms with Crippen molar-refractivity contribution in [2.75, 3.05) is 12.0 Å². The number of ether oxygens (including phenoxy) is 2. The normalized spacial score (nSPS) is 13.2. The summed E-state index contributed by atoms with van der Waals surface area (Å²) in [6.45, 7) is 12.2. The van der Waals surface area contributed by atoms with Crippen molar-refractivity contribution in [2.24, 2.45) is 0 Å². The maximum Gasteiger partial charge on any atom is 0.318 e. The number of halogens is 1. The Labute approximate surface area is 199 Å². The van der Waals surface area contributed by atoms with Crippen LogP contribution in [0.4, 0.5) is 0 Å². The lowest BCUT2D eigenvalue weighted by atomic mass is 9.86. The molecule has 6 nitrogen and oxygen atoms in total. The van der Waals surface area contributed by atoms with E-state index in [1.54, 1.807) is 18.5 Å². The molecule has 2 aromatic rings. The summed E-state index contributed by atoms with van der Waals surface area (Å²) in [5.74, 6) is 0.0374. The Morgan fingerprint density at radius 3 is 2.41 bits per heavy atom. The van der Waals surface area contributed by atoms with Gasteiger partial charge in [-0.3, -0.25) is 9.48 Å². The SMILES string of the molecule is CCn1nc(C)c(Cl)c1/C(OC(C)OC(=O)CSC)=C(\C#N)c1ccc(C(C)(C)C)cc1. The summed E-state index contributed by atoms with van der Waals surface area (Å²) in [5.41, 5.74) is 3.20. The van der Waals surface area contributed by atoms with Gasteiger partial charge in [0.15, 0.2) is 5.76 Å². The van der Waals surface area contributed by atoms with Gasteiger partial charge < -0.3 is 9.47 Å². The Morgan fingerprint density at radius 2 is 1.91 bits per heavy atom. The Kier molecular flexibility index (Phi) is 8.82. The first-order chi connectivity index (χ1) is 15.0. The summed E-state index contributed by atoms with van der Waals surface area (Å²) in [6.07, 6.45) is 0.897.